The van der Waals surface area contributed by atoms with E-state index in [0.29, 0.717) is 0 Å². The first-order chi connectivity index (χ1) is 2.91. The summed E-state index contributed by atoms with van der Waals surface area (Å²) < 4.78 is 1.32. The molecular weight excluding hydrogens is 206 g/mol. The molecule has 0 aliphatic carbocycles. The van der Waals surface area contributed by atoms with Crippen LogP contribution in [0.15, 0.2) is 0 Å². The molecule has 0 rings (SSSR count). The van der Waals surface area contributed by atoms with E-state index in [0.717, 1.165) is 0 Å². The molecule has 0 atom stereocenters. The van der Waals surface area contributed by atoms with Crippen LogP contribution < -0.4 is 0 Å². The van der Waals surface area contributed by atoms with Gasteiger partial charge in [-0.2, -0.15) is 0 Å². The maximum absolute atomic E-state index is 2.41. The van der Waals surface area contributed by atoms with Crippen LogP contribution in [0.2, 0.25) is 0 Å². The molecule has 46 valence electrons. The Hall–Kier alpha value is 0.660. The van der Waals surface area contributed by atoms with Gasteiger partial charge in [-0.05, 0) is 10.8 Å². The maximum Gasteiger partial charge on any atom is -0.000473 e. The van der Waals surface area contributed by atoms with E-state index in [1.807, 2.05) is 0 Å². The molecule has 0 aliphatic rings. The summed E-state index contributed by atoms with van der Waals surface area (Å²) in [6.07, 6.45) is 4.16. The lowest BCUT2D eigenvalue weighted by molar-refractivity contribution is 0.785. The van der Waals surface area contributed by atoms with E-state index in [1.165, 1.54) is 23.7 Å². The predicted molar refractivity (Wildman–Crippen MR) is 40.9 cm³/mol. The molecule has 0 radical (unpaired) electrons. The molecule has 0 nitrogen and oxygen atoms in total. The molecule has 0 unspecified atom stereocenters. The second-order valence-electron chi connectivity index (χ2n) is 1.40. The number of hydrogen-bond acceptors (Lipinski definition) is 0. The van der Waals surface area contributed by atoms with Crippen LogP contribution in [0, 0.1) is 0 Å². The van der Waals surface area contributed by atoms with Crippen LogP contribution in [-0.4, -0.2) is 4.43 Å². The molecule has 2 heteroatoms. The van der Waals surface area contributed by atoms with Gasteiger partial charge in [-0.15, -0.1) is 0 Å². The van der Waals surface area contributed by atoms with Gasteiger partial charge in [-0.1, -0.05) is 42.4 Å². The summed E-state index contributed by atoms with van der Waals surface area (Å²) in [5.41, 5.74) is 0. The first-order valence-electron chi connectivity index (χ1n) is 2.47. The van der Waals surface area contributed by atoms with Gasteiger partial charge in [0.2, 0.25) is 0 Å². The van der Waals surface area contributed by atoms with Crippen molar-refractivity contribution in [3.8, 4) is 0 Å². The second kappa shape index (κ2) is 9.83. The quantitative estimate of drug-likeness (QED) is 0.388. The highest BCUT2D eigenvalue weighted by Crippen LogP contribution is 1.96. The van der Waals surface area contributed by atoms with Crippen LogP contribution in [0.3, 0.4) is 0 Å². The van der Waals surface area contributed by atoms with Gasteiger partial charge in [-0.25, -0.2) is 0 Å². The van der Waals surface area contributed by atoms with Gasteiger partial charge >= 0.3 is 0 Å². The highest BCUT2D eigenvalue weighted by Gasteiger charge is 1.76. The first-order valence-corrected chi connectivity index (χ1v) is 4.00. The molecule has 0 aromatic rings. The Morgan fingerprint density at radius 3 is 2.00 bits per heavy atom. The van der Waals surface area contributed by atoms with E-state index >= 15 is 0 Å². The molecular formula is C5H12FI. The van der Waals surface area contributed by atoms with Crippen molar-refractivity contribution in [2.75, 3.05) is 4.43 Å². The van der Waals surface area contributed by atoms with Crippen LogP contribution >= 0.6 is 22.6 Å². The summed E-state index contributed by atoms with van der Waals surface area (Å²) in [4.78, 5) is 0. The molecule has 0 aromatic carbocycles. The minimum absolute atomic E-state index is 0. The smallest absolute Gasteiger partial charge is 0.000473 e. The van der Waals surface area contributed by atoms with E-state index < -0.39 is 0 Å². The minimum Gasteiger partial charge on any atom is -0.269 e. The highest BCUT2D eigenvalue weighted by molar-refractivity contribution is 14.1. The molecule has 0 saturated heterocycles. The Morgan fingerprint density at radius 1 is 1.29 bits per heavy atom. The lowest BCUT2D eigenvalue weighted by Gasteiger charge is -1.85. The molecule has 0 aliphatic heterocycles. The monoisotopic (exact) mass is 218 g/mol. The summed E-state index contributed by atoms with van der Waals surface area (Å²) in [6, 6.07) is 0. The summed E-state index contributed by atoms with van der Waals surface area (Å²) in [5, 5.41) is 0. The van der Waals surface area contributed by atoms with Crippen LogP contribution in [-0.2, 0) is 0 Å². The van der Waals surface area contributed by atoms with E-state index in [-0.39, 0.29) is 4.70 Å². The van der Waals surface area contributed by atoms with E-state index in [2.05, 4.69) is 29.5 Å². The van der Waals surface area contributed by atoms with Gasteiger partial charge in [0.1, 0.15) is 0 Å². The van der Waals surface area contributed by atoms with E-state index in [9.17, 15) is 0 Å². The Kier molecular flexibility index (Phi) is 14.9. The van der Waals surface area contributed by atoms with Crippen molar-refractivity contribution in [1.82, 2.24) is 0 Å². The van der Waals surface area contributed by atoms with Crippen LogP contribution in [0.5, 0.6) is 0 Å². The summed E-state index contributed by atoms with van der Waals surface area (Å²) in [5.74, 6) is 0. The zero-order valence-corrected chi connectivity index (χ0v) is 6.77. The topological polar surface area (TPSA) is 0 Å². The summed E-state index contributed by atoms with van der Waals surface area (Å²) >= 11 is 2.41. The molecule has 0 aromatic heterocycles. The fourth-order valence-corrected chi connectivity index (χ4v) is 0.884. The molecule has 0 N–H and O–H groups in total. The van der Waals surface area contributed by atoms with Gasteiger partial charge in [0, 0.05) is 0 Å². The van der Waals surface area contributed by atoms with Crippen molar-refractivity contribution >= 4 is 22.6 Å². The van der Waals surface area contributed by atoms with Crippen molar-refractivity contribution in [2.24, 2.45) is 0 Å². The SMILES string of the molecule is CCCCCI.F. The van der Waals surface area contributed by atoms with E-state index in [1.54, 1.807) is 0 Å². The number of alkyl halides is 1. The molecule has 0 fully saturated rings. The van der Waals surface area contributed by atoms with Crippen molar-refractivity contribution in [3.05, 3.63) is 0 Å². The molecule has 7 heavy (non-hydrogen) atoms. The molecule has 0 heterocycles. The van der Waals surface area contributed by atoms with Crippen molar-refractivity contribution in [1.29, 1.82) is 0 Å². The lowest BCUT2D eigenvalue weighted by atomic mass is 10.3. The van der Waals surface area contributed by atoms with Gasteiger partial charge < -0.3 is 0 Å². The standard InChI is InChI=1S/C5H11I.FH/c1-2-3-4-5-6;/h2-5H2,1H3;1H. The number of rotatable bonds is 3. The highest BCUT2D eigenvalue weighted by atomic mass is 127. The zero-order valence-electron chi connectivity index (χ0n) is 4.61. The second-order valence-corrected chi connectivity index (χ2v) is 2.47. The van der Waals surface area contributed by atoms with Gasteiger partial charge in [0.15, 0.2) is 0 Å². The molecule has 0 spiro atoms. The summed E-state index contributed by atoms with van der Waals surface area (Å²) in [6.45, 7) is 2.23. The lowest BCUT2D eigenvalue weighted by Crippen LogP contribution is -1.70. The van der Waals surface area contributed by atoms with Crippen LogP contribution in [0.25, 0.3) is 0 Å². The van der Waals surface area contributed by atoms with E-state index in [4.69, 9.17) is 0 Å². The first kappa shape index (κ1) is 10.6. The third kappa shape index (κ3) is 10.8. The Balaban J connectivity index is 0. The number of hydrogen-bond donors (Lipinski definition) is 0. The Morgan fingerprint density at radius 2 is 1.86 bits per heavy atom. The Labute approximate surface area is 58.2 Å². The maximum atomic E-state index is 2.41. The molecule has 0 bridgehead atoms. The Bertz CT molecular complexity index is 20.0. The van der Waals surface area contributed by atoms with Crippen LogP contribution in [0.1, 0.15) is 26.2 Å². The van der Waals surface area contributed by atoms with Crippen molar-refractivity contribution < 1.29 is 4.70 Å². The minimum atomic E-state index is 0. The van der Waals surface area contributed by atoms with Gasteiger partial charge in [0.05, 0.1) is 0 Å². The van der Waals surface area contributed by atoms with Gasteiger partial charge in [-0.3, -0.25) is 4.70 Å². The third-order valence-electron chi connectivity index (χ3n) is 0.737. The zero-order chi connectivity index (χ0) is 4.83. The third-order valence-corrected chi connectivity index (χ3v) is 1.50. The molecule has 0 amide bonds. The summed E-state index contributed by atoms with van der Waals surface area (Å²) in [7, 11) is 0. The largest absolute Gasteiger partial charge is 0.269 e. The van der Waals surface area contributed by atoms with Crippen molar-refractivity contribution in [3.63, 3.8) is 0 Å². The fourth-order valence-electron chi connectivity index (χ4n) is 0.344. The van der Waals surface area contributed by atoms with Crippen LogP contribution in [0.4, 0.5) is 4.70 Å². The number of halogens is 2. The fraction of sp³-hybridized carbons (Fsp3) is 1.00. The predicted octanol–water partition coefficient (Wildman–Crippen LogP) is 2.76. The number of unbranched alkanes of at least 4 members (excludes halogenated alkanes) is 2. The normalized spacial score (nSPS) is 7.71. The van der Waals surface area contributed by atoms with Crippen molar-refractivity contribution in [2.45, 2.75) is 26.2 Å². The van der Waals surface area contributed by atoms with Gasteiger partial charge in [0.25, 0.3) is 0 Å². The average molecular weight is 218 g/mol. The molecule has 0 saturated carbocycles. The average Bonchev–Trinajstić information content (AvgIpc) is 1.61.